The van der Waals surface area contributed by atoms with Crippen LogP contribution >= 0.6 is 0 Å². The van der Waals surface area contributed by atoms with E-state index in [9.17, 15) is 4.79 Å². The predicted octanol–water partition coefficient (Wildman–Crippen LogP) is 0.810. The fraction of sp³-hybridized carbons (Fsp3) is 0.462. The third kappa shape index (κ3) is 3.13. The Bertz CT molecular complexity index is 409. The molecule has 1 heterocycles. The summed E-state index contributed by atoms with van der Waals surface area (Å²) in [6.45, 7) is 3.83. The first kappa shape index (κ1) is 12.7. The number of ether oxygens (including phenoxy) is 1. The van der Waals surface area contributed by atoms with E-state index in [0.717, 1.165) is 44.0 Å². The molecule has 98 valence electrons. The third-order valence-electron chi connectivity index (χ3n) is 3.01. The van der Waals surface area contributed by atoms with Crippen molar-refractivity contribution in [3.63, 3.8) is 0 Å². The van der Waals surface area contributed by atoms with Crippen molar-refractivity contribution in [2.24, 2.45) is 0 Å². The second kappa shape index (κ2) is 6.26. The number of benzene rings is 1. The number of nitrogens with one attached hydrogen (secondary N) is 2. The molecule has 1 aliphatic heterocycles. The lowest BCUT2D eigenvalue weighted by Crippen LogP contribution is -2.34. The Labute approximate surface area is 107 Å². The lowest BCUT2D eigenvalue weighted by molar-refractivity contribution is 0.217. The zero-order chi connectivity index (χ0) is 12.8. The van der Waals surface area contributed by atoms with E-state index in [0.29, 0.717) is 0 Å². The third-order valence-corrected chi connectivity index (χ3v) is 3.01. The van der Waals surface area contributed by atoms with Crippen molar-refractivity contribution in [1.29, 1.82) is 0 Å². The van der Waals surface area contributed by atoms with Crippen LogP contribution in [0.15, 0.2) is 24.3 Å². The molecule has 0 saturated carbocycles. The summed E-state index contributed by atoms with van der Waals surface area (Å²) in [7, 11) is 1.67. The van der Waals surface area contributed by atoms with Crippen molar-refractivity contribution in [3.8, 4) is 5.75 Å². The van der Waals surface area contributed by atoms with Crippen molar-refractivity contribution in [2.75, 3.05) is 33.3 Å². The van der Waals surface area contributed by atoms with E-state index in [-0.39, 0.29) is 6.03 Å². The molecule has 2 rings (SSSR count). The minimum atomic E-state index is 0.0362. The molecule has 0 unspecified atom stereocenters. The number of urea groups is 1. The number of hydrogen-bond donors (Lipinski definition) is 2. The van der Waals surface area contributed by atoms with Crippen LogP contribution in [0.25, 0.3) is 0 Å². The maximum Gasteiger partial charge on any atom is 0.317 e. The maximum atomic E-state index is 11.3. The number of para-hydroxylation sites is 1. The van der Waals surface area contributed by atoms with Gasteiger partial charge in [-0.1, -0.05) is 18.2 Å². The van der Waals surface area contributed by atoms with Gasteiger partial charge in [0.2, 0.25) is 0 Å². The standard InChI is InChI=1S/C13H19N3O2/c1-18-12-5-3-2-4-11(12)10-14-6-8-16-9-7-15-13(16)17/h2-5,14H,6-10H2,1H3,(H,15,17). The predicted molar refractivity (Wildman–Crippen MR) is 69.7 cm³/mol. The van der Waals surface area contributed by atoms with Crippen molar-refractivity contribution in [1.82, 2.24) is 15.5 Å². The number of carbonyl (C=O) groups excluding carboxylic acids is 1. The fourth-order valence-corrected chi connectivity index (χ4v) is 2.01. The first-order valence-electron chi connectivity index (χ1n) is 6.16. The van der Waals surface area contributed by atoms with Crippen LogP contribution in [0, 0.1) is 0 Å². The summed E-state index contributed by atoms with van der Waals surface area (Å²) in [6.07, 6.45) is 0. The Kier molecular flexibility index (Phi) is 4.41. The number of carbonyl (C=O) groups is 1. The minimum absolute atomic E-state index is 0.0362. The van der Waals surface area contributed by atoms with Gasteiger partial charge in [0.1, 0.15) is 5.75 Å². The van der Waals surface area contributed by atoms with E-state index in [1.54, 1.807) is 7.11 Å². The molecular formula is C13H19N3O2. The summed E-state index contributed by atoms with van der Waals surface area (Å²) >= 11 is 0. The van der Waals surface area contributed by atoms with E-state index in [1.165, 1.54) is 0 Å². The second-order valence-electron chi connectivity index (χ2n) is 4.21. The van der Waals surface area contributed by atoms with Gasteiger partial charge in [-0.25, -0.2) is 4.79 Å². The first-order valence-corrected chi connectivity index (χ1v) is 6.16. The average Bonchev–Trinajstić information content (AvgIpc) is 2.81. The molecular weight excluding hydrogens is 230 g/mol. The van der Waals surface area contributed by atoms with E-state index in [1.807, 2.05) is 29.2 Å². The van der Waals surface area contributed by atoms with Gasteiger partial charge in [-0.2, -0.15) is 0 Å². The summed E-state index contributed by atoms with van der Waals surface area (Å²) < 4.78 is 5.28. The Morgan fingerprint density at radius 2 is 2.28 bits per heavy atom. The van der Waals surface area contributed by atoms with Crippen LogP contribution in [-0.4, -0.2) is 44.2 Å². The normalized spacial score (nSPS) is 14.7. The molecule has 1 aromatic rings. The second-order valence-corrected chi connectivity index (χ2v) is 4.21. The van der Waals surface area contributed by atoms with Gasteiger partial charge in [0.15, 0.2) is 0 Å². The van der Waals surface area contributed by atoms with Gasteiger partial charge in [0.25, 0.3) is 0 Å². The minimum Gasteiger partial charge on any atom is -0.496 e. The number of hydrogen-bond acceptors (Lipinski definition) is 3. The molecule has 0 atom stereocenters. The highest BCUT2D eigenvalue weighted by molar-refractivity contribution is 5.76. The smallest absolute Gasteiger partial charge is 0.317 e. The van der Waals surface area contributed by atoms with E-state index in [2.05, 4.69) is 10.6 Å². The van der Waals surface area contributed by atoms with Crippen LogP contribution in [0.3, 0.4) is 0 Å². The number of rotatable bonds is 6. The SMILES string of the molecule is COc1ccccc1CNCCN1CCNC1=O. The molecule has 2 amide bonds. The summed E-state index contributed by atoms with van der Waals surface area (Å²) in [5.41, 5.74) is 1.13. The number of amides is 2. The van der Waals surface area contributed by atoms with Crippen molar-refractivity contribution in [3.05, 3.63) is 29.8 Å². The Hall–Kier alpha value is -1.75. The molecule has 1 aromatic carbocycles. The van der Waals surface area contributed by atoms with Crippen molar-refractivity contribution >= 4 is 6.03 Å². The van der Waals surface area contributed by atoms with E-state index >= 15 is 0 Å². The summed E-state index contributed by atoms with van der Waals surface area (Å²) in [4.78, 5) is 13.1. The molecule has 1 saturated heterocycles. The summed E-state index contributed by atoms with van der Waals surface area (Å²) in [5, 5.41) is 6.11. The fourth-order valence-electron chi connectivity index (χ4n) is 2.01. The molecule has 0 aliphatic carbocycles. The molecule has 0 spiro atoms. The average molecular weight is 249 g/mol. The quantitative estimate of drug-likeness (QED) is 0.734. The molecule has 5 heteroatoms. The van der Waals surface area contributed by atoms with Crippen LogP contribution in [0.2, 0.25) is 0 Å². The van der Waals surface area contributed by atoms with Crippen LogP contribution in [0.4, 0.5) is 4.79 Å². The summed E-state index contributed by atoms with van der Waals surface area (Å²) in [6, 6.07) is 7.97. The first-order chi connectivity index (χ1) is 8.81. The molecule has 0 bridgehead atoms. The monoisotopic (exact) mass is 249 g/mol. The van der Waals surface area contributed by atoms with Crippen molar-refractivity contribution < 1.29 is 9.53 Å². The van der Waals surface area contributed by atoms with E-state index < -0.39 is 0 Å². The Morgan fingerprint density at radius 1 is 1.44 bits per heavy atom. The highest BCUT2D eigenvalue weighted by Gasteiger charge is 2.18. The topological polar surface area (TPSA) is 53.6 Å². The van der Waals surface area contributed by atoms with Gasteiger partial charge >= 0.3 is 6.03 Å². The van der Waals surface area contributed by atoms with Gasteiger partial charge < -0.3 is 20.3 Å². The highest BCUT2D eigenvalue weighted by Crippen LogP contribution is 2.16. The van der Waals surface area contributed by atoms with Crippen molar-refractivity contribution in [2.45, 2.75) is 6.54 Å². The van der Waals surface area contributed by atoms with Crippen LogP contribution in [0.1, 0.15) is 5.56 Å². The van der Waals surface area contributed by atoms with Gasteiger partial charge in [-0.15, -0.1) is 0 Å². The van der Waals surface area contributed by atoms with Gasteiger partial charge in [-0.3, -0.25) is 0 Å². The highest BCUT2D eigenvalue weighted by atomic mass is 16.5. The molecule has 1 fully saturated rings. The zero-order valence-electron chi connectivity index (χ0n) is 10.6. The molecule has 0 radical (unpaired) electrons. The molecule has 18 heavy (non-hydrogen) atoms. The van der Waals surface area contributed by atoms with Crippen LogP contribution < -0.4 is 15.4 Å². The largest absolute Gasteiger partial charge is 0.496 e. The van der Waals surface area contributed by atoms with Gasteiger partial charge in [-0.05, 0) is 6.07 Å². The number of nitrogens with zero attached hydrogens (tertiary/aromatic N) is 1. The Morgan fingerprint density at radius 3 is 3.00 bits per heavy atom. The molecule has 1 aliphatic rings. The van der Waals surface area contributed by atoms with Gasteiger partial charge in [0.05, 0.1) is 7.11 Å². The molecule has 2 N–H and O–H groups in total. The molecule has 5 nitrogen and oxygen atoms in total. The maximum absolute atomic E-state index is 11.3. The number of methoxy groups -OCH3 is 1. The van der Waals surface area contributed by atoms with Crippen LogP contribution in [0.5, 0.6) is 5.75 Å². The zero-order valence-corrected chi connectivity index (χ0v) is 10.6. The Balaban J connectivity index is 1.73. The van der Waals surface area contributed by atoms with Crippen LogP contribution in [-0.2, 0) is 6.54 Å². The molecule has 0 aromatic heterocycles. The van der Waals surface area contributed by atoms with Gasteiger partial charge in [0, 0.05) is 38.3 Å². The lowest BCUT2D eigenvalue weighted by Gasteiger charge is -2.15. The lowest BCUT2D eigenvalue weighted by atomic mass is 10.2. The summed E-state index contributed by atoms with van der Waals surface area (Å²) in [5.74, 6) is 0.893. The van der Waals surface area contributed by atoms with E-state index in [4.69, 9.17) is 4.74 Å².